The molecule has 2 aromatic rings. The zero-order chi connectivity index (χ0) is 21.1. The molecule has 0 unspecified atom stereocenters. The van der Waals surface area contributed by atoms with E-state index in [1.165, 1.54) is 7.11 Å². The molecule has 6 nitrogen and oxygen atoms in total. The van der Waals surface area contributed by atoms with Gasteiger partial charge in [0.05, 0.1) is 12.0 Å². The molecule has 0 bridgehead atoms. The molecule has 0 aliphatic carbocycles. The Morgan fingerprint density at radius 3 is 2.66 bits per heavy atom. The van der Waals surface area contributed by atoms with Crippen LogP contribution >= 0.6 is 47.2 Å². The Kier molecular flexibility index (Phi) is 6.69. The number of carbonyl (C=O) groups is 2. The Morgan fingerprint density at radius 2 is 2.03 bits per heavy atom. The standard InChI is InChI=1S/C19H13Cl2NO5S2/c1-26-14-5-9(6-15-18(25)22-19(28)29-15)4-12(17(14)27-8-16(23)24)11-7-10(20)2-3-13(11)21/h2-7H,8H2,1H3,(H,23,24)(H,22,25,28)/b15-6-. The predicted octanol–water partition coefficient (Wildman–Crippen LogP) is 4.62. The minimum Gasteiger partial charge on any atom is -0.493 e. The molecule has 1 amide bonds. The number of hydrogen-bond donors (Lipinski definition) is 2. The van der Waals surface area contributed by atoms with Gasteiger partial charge in [0, 0.05) is 21.2 Å². The van der Waals surface area contributed by atoms with E-state index >= 15 is 0 Å². The summed E-state index contributed by atoms with van der Waals surface area (Å²) < 4.78 is 11.3. The molecule has 150 valence electrons. The van der Waals surface area contributed by atoms with Gasteiger partial charge in [-0.1, -0.05) is 47.2 Å². The SMILES string of the molecule is COc1cc(/C=C2\SC(=S)NC2=O)cc(-c2cc(Cl)ccc2Cl)c1OCC(=O)O. The first-order chi connectivity index (χ1) is 13.8. The van der Waals surface area contributed by atoms with Crippen molar-refractivity contribution in [3.8, 4) is 22.6 Å². The van der Waals surface area contributed by atoms with E-state index in [2.05, 4.69) is 5.32 Å². The third-order valence-corrected chi connectivity index (χ3v) is 5.52. The molecular formula is C19H13Cl2NO5S2. The van der Waals surface area contributed by atoms with Crippen LogP contribution in [0.1, 0.15) is 5.56 Å². The van der Waals surface area contributed by atoms with Gasteiger partial charge in [-0.2, -0.15) is 0 Å². The van der Waals surface area contributed by atoms with Crippen molar-refractivity contribution in [2.24, 2.45) is 0 Å². The largest absolute Gasteiger partial charge is 0.493 e. The number of halogens is 2. The van der Waals surface area contributed by atoms with Crippen molar-refractivity contribution in [3.63, 3.8) is 0 Å². The Balaban J connectivity index is 2.20. The van der Waals surface area contributed by atoms with Crippen LogP contribution in [0.25, 0.3) is 17.2 Å². The van der Waals surface area contributed by atoms with Gasteiger partial charge in [-0.3, -0.25) is 4.79 Å². The lowest BCUT2D eigenvalue weighted by Gasteiger charge is -2.17. The first-order valence-corrected chi connectivity index (χ1v) is 10.0. The highest BCUT2D eigenvalue weighted by atomic mass is 35.5. The van der Waals surface area contributed by atoms with Gasteiger partial charge in [0.15, 0.2) is 18.1 Å². The lowest BCUT2D eigenvalue weighted by Crippen LogP contribution is -2.17. The first kappa shape index (κ1) is 21.4. The molecule has 0 aromatic heterocycles. The lowest BCUT2D eigenvalue weighted by atomic mass is 10.0. The van der Waals surface area contributed by atoms with Crippen molar-refractivity contribution in [3.05, 3.63) is 50.8 Å². The number of carboxylic acid groups (broad SMARTS) is 1. The highest BCUT2D eigenvalue weighted by molar-refractivity contribution is 8.26. The van der Waals surface area contributed by atoms with Crippen LogP contribution in [0.2, 0.25) is 10.0 Å². The summed E-state index contributed by atoms with van der Waals surface area (Å²) >= 11 is 18.6. The number of amides is 1. The van der Waals surface area contributed by atoms with E-state index in [0.717, 1.165) is 11.8 Å². The fourth-order valence-electron chi connectivity index (χ4n) is 2.62. The van der Waals surface area contributed by atoms with E-state index < -0.39 is 12.6 Å². The zero-order valence-corrected chi connectivity index (χ0v) is 18.0. The van der Waals surface area contributed by atoms with Crippen molar-refractivity contribution >= 4 is 69.5 Å². The number of benzene rings is 2. The molecular weight excluding hydrogens is 457 g/mol. The monoisotopic (exact) mass is 469 g/mol. The van der Waals surface area contributed by atoms with Crippen LogP contribution in [-0.2, 0) is 9.59 Å². The topological polar surface area (TPSA) is 84.9 Å². The second-order valence-corrected chi connectivity index (χ2v) is 8.32. The maximum atomic E-state index is 12.0. The van der Waals surface area contributed by atoms with Crippen LogP contribution in [0.4, 0.5) is 0 Å². The van der Waals surface area contributed by atoms with Gasteiger partial charge in [-0.15, -0.1) is 0 Å². The van der Waals surface area contributed by atoms with Crippen LogP contribution < -0.4 is 14.8 Å². The van der Waals surface area contributed by atoms with Gasteiger partial charge in [0.1, 0.15) is 4.32 Å². The summed E-state index contributed by atoms with van der Waals surface area (Å²) in [6, 6.07) is 8.22. The predicted molar refractivity (Wildman–Crippen MR) is 118 cm³/mol. The van der Waals surface area contributed by atoms with Crippen LogP contribution in [0.3, 0.4) is 0 Å². The minimum atomic E-state index is -1.14. The summed E-state index contributed by atoms with van der Waals surface area (Å²) in [5, 5.41) is 12.4. The Morgan fingerprint density at radius 1 is 1.28 bits per heavy atom. The van der Waals surface area contributed by atoms with Gasteiger partial charge < -0.3 is 19.9 Å². The summed E-state index contributed by atoms with van der Waals surface area (Å²) in [6.45, 7) is -0.575. The van der Waals surface area contributed by atoms with E-state index in [1.54, 1.807) is 36.4 Å². The fraction of sp³-hybridized carbons (Fsp3) is 0.105. The quantitative estimate of drug-likeness (QED) is 0.471. The van der Waals surface area contributed by atoms with Gasteiger partial charge in [0.2, 0.25) is 0 Å². The minimum absolute atomic E-state index is 0.195. The summed E-state index contributed by atoms with van der Waals surface area (Å²) in [5.41, 5.74) is 1.60. The summed E-state index contributed by atoms with van der Waals surface area (Å²) in [7, 11) is 1.43. The van der Waals surface area contributed by atoms with Crippen molar-refractivity contribution in [1.82, 2.24) is 5.32 Å². The summed E-state index contributed by atoms with van der Waals surface area (Å²) in [4.78, 5) is 23.4. The molecule has 2 aromatic carbocycles. The number of hydrogen-bond acceptors (Lipinski definition) is 6. The zero-order valence-electron chi connectivity index (χ0n) is 14.8. The second kappa shape index (κ2) is 9.04. The van der Waals surface area contributed by atoms with Crippen molar-refractivity contribution < 1.29 is 24.2 Å². The highest BCUT2D eigenvalue weighted by Crippen LogP contribution is 2.43. The van der Waals surface area contributed by atoms with Crippen LogP contribution in [0.15, 0.2) is 35.2 Å². The van der Waals surface area contributed by atoms with E-state index in [1.807, 2.05) is 0 Å². The third-order valence-electron chi connectivity index (χ3n) is 3.80. The van der Waals surface area contributed by atoms with Gasteiger partial charge in [0.25, 0.3) is 5.91 Å². The van der Waals surface area contributed by atoms with Gasteiger partial charge in [-0.25, -0.2) is 4.79 Å². The van der Waals surface area contributed by atoms with Crippen molar-refractivity contribution in [2.45, 2.75) is 0 Å². The average Bonchev–Trinajstić information content (AvgIpc) is 2.98. The molecule has 0 radical (unpaired) electrons. The van der Waals surface area contributed by atoms with Crippen LogP contribution in [0, 0.1) is 0 Å². The Labute approximate surface area is 185 Å². The molecule has 29 heavy (non-hydrogen) atoms. The number of carbonyl (C=O) groups excluding carboxylic acids is 1. The van der Waals surface area contributed by atoms with E-state index in [9.17, 15) is 9.59 Å². The number of nitrogens with one attached hydrogen (secondary N) is 1. The maximum Gasteiger partial charge on any atom is 0.341 e. The number of aliphatic carboxylic acids is 1. The molecule has 1 aliphatic heterocycles. The molecule has 0 saturated carbocycles. The summed E-state index contributed by atoms with van der Waals surface area (Å²) in [5.74, 6) is -0.973. The van der Waals surface area contributed by atoms with E-state index in [0.29, 0.717) is 36.0 Å². The van der Waals surface area contributed by atoms with Crippen molar-refractivity contribution in [1.29, 1.82) is 0 Å². The number of methoxy groups -OCH3 is 1. The number of thioether (sulfide) groups is 1. The number of thiocarbonyl (C=S) groups is 1. The molecule has 0 spiro atoms. The number of ether oxygens (including phenoxy) is 2. The van der Waals surface area contributed by atoms with Gasteiger partial charge >= 0.3 is 5.97 Å². The maximum absolute atomic E-state index is 12.0. The highest BCUT2D eigenvalue weighted by Gasteiger charge is 2.23. The lowest BCUT2D eigenvalue weighted by molar-refractivity contribution is -0.139. The molecule has 0 atom stereocenters. The van der Waals surface area contributed by atoms with Gasteiger partial charge in [-0.05, 0) is 42.0 Å². The smallest absolute Gasteiger partial charge is 0.341 e. The van der Waals surface area contributed by atoms with Crippen molar-refractivity contribution in [2.75, 3.05) is 13.7 Å². The van der Waals surface area contributed by atoms with E-state index in [-0.39, 0.29) is 17.4 Å². The third kappa shape index (κ3) is 5.02. The van der Waals surface area contributed by atoms with E-state index in [4.69, 9.17) is 50.0 Å². The number of rotatable bonds is 6. The van der Waals surface area contributed by atoms with Crippen LogP contribution in [0.5, 0.6) is 11.5 Å². The number of carboxylic acids is 1. The normalized spacial score (nSPS) is 14.8. The second-order valence-electron chi connectivity index (χ2n) is 5.76. The molecule has 2 N–H and O–H groups in total. The summed E-state index contributed by atoms with van der Waals surface area (Å²) in [6.07, 6.45) is 1.64. The molecule has 1 aliphatic rings. The molecule has 1 fully saturated rings. The average molecular weight is 470 g/mol. The molecule has 1 heterocycles. The Bertz CT molecular complexity index is 1060. The molecule has 10 heteroatoms. The fourth-order valence-corrected chi connectivity index (χ4v) is 4.05. The molecule has 3 rings (SSSR count). The Hall–Kier alpha value is -2.26. The first-order valence-electron chi connectivity index (χ1n) is 8.05. The van der Waals surface area contributed by atoms with Crippen LogP contribution in [-0.4, -0.2) is 35.0 Å². The molecule has 1 saturated heterocycles.